The summed E-state index contributed by atoms with van der Waals surface area (Å²) in [6.07, 6.45) is 1.06. The van der Waals surface area contributed by atoms with E-state index in [4.69, 9.17) is 4.74 Å². The van der Waals surface area contributed by atoms with Crippen LogP contribution in [0.5, 0.6) is 0 Å². The molecule has 33 heavy (non-hydrogen) atoms. The van der Waals surface area contributed by atoms with Gasteiger partial charge in [-0.1, -0.05) is 6.07 Å². The van der Waals surface area contributed by atoms with Crippen molar-refractivity contribution in [2.75, 3.05) is 18.0 Å². The molecule has 3 aliphatic heterocycles. The van der Waals surface area contributed by atoms with Gasteiger partial charge in [-0.3, -0.25) is 24.0 Å². The van der Waals surface area contributed by atoms with Crippen molar-refractivity contribution >= 4 is 34.6 Å². The SMILES string of the molecule is Cn1c(=O)n(C2CCC(=O)NC2=O)c2cccc(N3CC4C[C@@H]3CN4C(=O)OC(C)(C)C)c21. The van der Waals surface area contributed by atoms with Gasteiger partial charge < -0.3 is 14.5 Å². The number of fused-ring (bicyclic) bond motifs is 3. The lowest BCUT2D eigenvalue weighted by atomic mass is 10.1. The van der Waals surface area contributed by atoms with E-state index in [0.29, 0.717) is 25.0 Å². The number of benzene rings is 1. The molecule has 0 spiro atoms. The fourth-order valence-electron chi connectivity index (χ4n) is 5.39. The molecule has 0 saturated carbocycles. The van der Waals surface area contributed by atoms with Crippen LogP contribution < -0.4 is 15.9 Å². The minimum absolute atomic E-state index is 0.0503. The molecule has 3 fully saturated rings. The number of ether oxygens (including phenoxy) is 1. The second-order valence-electron chi connectivity index (χ2n) is 10.2. The summed E-state index contributed by atoms with van der Waals surface area (Å²) in [5.74, 6) is -0.757. The van der Waals surface area contributed by atoms with Gasteiger partial charge in [0, 0.05) is 32.6 Å². The van der Waals surface area contributed by atoms with Crippen LogP contribution >= 0.6 is 0 Å². The highest BCUT2D eigenvalue weighted by molar-refractivity contribution is 6.00. The van der Waals surface area contributed by atoms with Crippen molar-refractivity contribution in [3.05, 3.63) is 28.7 Å². The average molecular weight is 456 g/mol. The topological polar surface area (TPSA) is 106 Å². The molecular formula is C23H29N5O5. The van der Waals surface area contributed by atoms with Crippen LogP contribution in [0, 0.1) is 0 Å². The third kappa shape index (κ3) is 3.48. The number of anilines is 1. The highest BCUT2D eigenvalue weighted by atomic mass is 16.6. The summed E-state index contributed by atoms with van der Waals surface area (Å²) in [5.41, 5.74) is 1.51. The largest absolute Gasteiger partial charge is 0.444 e. The number of aromatic nitrogens is 2. The number of piperazine rings is 1. The number of carbonyl (C=O) groups excluding carboxylic acids is 3. The summed E-state index contributed by atoms with van der Waals surface area (Å²) >= 11 is 0. The molecule has 2 aromatic rings. The first-order valence-electron chi connectivity index (χ1n) is 11.3. The number of hydrogen-bond donors (Lipinski definition) is 1. The molecule has 3 atom stereocenters. The van der Waals surface area contributed by atoms with Crippen molar-refractivity contribution in [1.82, 2.24) is 19.4 Å². The Morgan fingerprint density at radius 2 is 1.88 bits per heavy atom. The number of para-hydroxylation sites is 1. The Hall–Kier alpha value is -3.30. The Bertz CT molecular complexity index is 1220. The van der Waals surface area contributed by atoms with Crippen molar-refractivity contribution in [2.45, 2.75) is 63.8 Å². The van der Waals surface area contributed by atoms with Crippen molar-refractivity contribution in [3.8, 4) is 0 Å². The maximum Gasteiger partial charge on any atom is 0.410 e. The van der Waals surface area contributed by atoms with E-state index in [2.05, 4.69) is 10.2 Å². The van der Waals surface area contributed by atoms with E-state index >= 15 is 0 Å². The molecule has 2 bridgehead atoms. The predicted molar refractivity (Wildman–Crippen MR) is 121 cm³/mol. The zero-order valence-electron chi connectivity index (χ0n) is 19.3. The van der Waals surface area contributed by atoms with Gasteiger partial charge in [-0.15, -0.1) is 0 Å². The normalized spacial score (nSPS) is 25.2. The number of rotatable bonds is 2. The monoisotopic (exact) mass is 455 g/mol. The number of piperidine rings is 1. The average Bonchev–Trinajstić information content (AvgIpc) is 3.40. The van der Waals surface area contributed by atoms with Gasteiger partial charge in [0.1, 0.15) is 11.6 Å². The lowest BCUT2D eigenvalue weighted by Gasteiger charge is -2.36. The smallest absolute Gasteiger partial charge is 0.410 e. The van der Waals surface area contributed by atoms with Crippen molar-refractivity contribution in [3.63, 3.8) is 0 Å². The number of hydrogen-bond acceptors (Lipinski definition) is 6. The van der Waals surface area contributed by atoms with Gasteiger partial charge in [-0.05, 0) is 45.7 Å². The molecule has 1 N–H and O–H groups in total. The summed E-state index contributed by atoms with van der Waals surface area (Å²) in [6, 6.07) is 5.17. The third-order valence-corrected chi connectivity index (χ3v) is 6.78. The van der Waals surface area contributed by atoms with Gasteiger partial charge in [-0.2, -0.15) is 0 Å². The lowest BCUT2D eigenvalue weighted by molar-refractivity contribution is -0.135. The molecule has 0 radical (unpaired) electrons. The maximum atomic E-state index is 13.2. The first kappa shape index (κ1) is 21.5. The highest BCUT2D eigenvalue weighted by Gasteiger charge is 2.47. The number of carbonyl (C=O) groups is 3. The van der Waals surface area contributed by atoms with Crippen LogP contribution in [0.1, 0.15) is 46.1 Å². The molecule has 10 nitrogen and oxygen atoms in total. The number of imidazole rings is 1. The quantitative estimate of drug-likeness (QED) is 0.689. The summed E-state index contributed by atoms with van der Waals surface area (Å²) in [6.45, 7) is 6.80. The van der Waals surface area contributed by atoms with Gasteiger partial charge in [0.05, 0.1) is 22.8 Å². The Kier molecular flexibility index (Phi) is 4.80. The lowest BCUT2D eigenvalue weighted by Crippen LogP contribution is -2.50. The molecular weight excluding hydrogens is 426 g/mol. The Morgan fingerprint density at radius 1 is 1.12 bits per heavy atom. The van der Waals surface area contributed by atoms with Crippen LogP contribution in [-0.2, 0) is 21.4 Å². The van der Waals surface area contributed by atoms with Crippen LogP contribution in [0.15, 0.2) is 23.0 Å². The Balaban J connectivity index is 1.47. The van der Waals surface area contributed by atoms with E-state index in [1.54, 1.807) is 16.5 Å². The van der Waals surface area contributed by atoms with Crippen LogP contribution in [0.25, 0.3) is 11.0 Å². The summed E-state index contributed by atoms with van der Waals surface area (Å²) in [4.78, 5) is 53.9. The first-order chi connectivity index (χ1) is 15.5. The summed E-state index contributed by atoms with van der Waals surface area (Å²) < 4.78 is 8.64. The Morgan fingerprint density at radius 3 is 2.52 bits per heavy atom. The van der Waals surface area contributed by atoms with Gasteiger partial charge in [0.25, 0.3) is 0 Å². The van der Waals surface area contributed by atoms with Crippen molar-refractivity contribution in [1.29, 1.82) is 0 Å². The zero-order valence-corrected chi connectivity index (χ0v) is 19.3. The molecule has 1 aromatic heterocycles. The van der Waals surface area contributed by atoms with Gasteiger partial charge >= 0.3 is 11.8 Å². The van der Waals surface area contributed by atoms with E-state index in [9.17, 15) is 19.2 Å². The molecule has 3 saturated heterocycles. The van der Waals surface area contributed by atoms with E-state index in [1.165, 1.54) is 4.57 Å². The Labute approximate surface area is 191 Å². The van der Waals surface area contributed by atoms with Gasteiger partial charge in [0.2, 0.25) is 11.8 Å². The molecule has 176 valence electrons. The fourth-order valence-corrected chi connectivity index (χ4v) is 5.39. The van der Waals surface area contributed by atoms with E-state index in [-0.39, 0.29) is 36.2 Å². The second-order valence-corrected chi connectivity index (χ2v) is 10.2. The van der Waals surface area contributed by atoms with Gasteiger partial charge in [0.15, 0.2) is 0 Å². The molecule has 4 heterocycles. The number of likely N-dealkylation sites (tertiary alicyclic amines) is 1. The van der Waals surface area contributed by atoms with E-state index in [1.807, 2.05) is 39.0 Å². The minimum Gasteiger partial charge on any atom is -0.444 e. The predicted octanol–water partition coefficient (Wildman–Crippen LogP) is 1.52. The maximum absolute atomic E-state index is 13.2. The number of nitrogens with zero attached hydrogens (tertiary/aromatic N) is 4. The molecule has 10 heteroatoms. The number of nitrogens with one attached hydrogen (secondary N) is 1. The first-order valence-corrected chi connectivity index (χ1v) is 11.3. The standard InChI is InChI=1S/C23H29N5O5/c1-23(2,3)33-22(32)27-12-13-10-14(27)11-26(13)15-6-5-7-16-19(15)25(4)21(31)28(16)17-8-9-18(29)24-20(17)30/h5-7,13-14,17H,8-12H2,1-4H3,(H,24,29,30)/t13-,14?,17?/m1/s1. The van der Waals surface area contributed by atoms with E-state index < -0.39 is 17.6 Å². The molecule has 1 aromatic carbocycles. The van der Waals surface area contributed by atoms with Crippen molar-refractivity contribution < 1.29 is 19.1 Å². The van der Waals surface area contributed by atoms with Crippen LogP contribution in [0.2, 0.25) is 0 Å². The van der Waals surface area contributed by atoms with Crippen LogP contribution in [0.3, 0.4) is 0 Å². The molecule has 5 rings (SSSR count). The van der Waals surface area contributed by atoms with Crippen molar-refractivity contribution in [2.24, 2.45) is 7.05 Å². The highest BCUT2D eigenvalue weighted by Crippen LogP contribution is 2.38. The summed E-state index contributed by atoms with van der Waals surface area (Å²) in [7, 11) is 1.71. The molecule has 3 aliphatic rings. The molecule has 3 amide bonds. The summed E-state index contributed by atoms with van der Waals surface area (Å²) in [5, 5.41) is 2.35. The number of imide groups is 1. The second kappa shape index (κ2) is 7.36. The zero-order chi connectivity index (χ0) is 23.7. The number of aryl methyl sites for hydroxylation is 1. The molecule has 2 unspecified atom stereocenters. The third-order valence-electron chi connectivity index (χ3n) is 6.78. The fraction of sp³-hybridized carbons (Fsp3) is 0.565. The van der Waals surface area contributed by atoms with Gasteiger partial charge in [-0.25, -0.2) is 9.59 Å². The van der Waals surface area contributed by atoms with Crippen LogP contribution in [-0.4, -0.2) is 62.7 Å². The minimum atomic E-state index is -0.716. The molecule has 0 aliphatic carbocycles. The number of amides is 3. The van der Waals surface area contributed by atoms with E-state index in [0.717, 1.165) is 17.6 Å². The van der Waals surface area contributed by atoms with Crippen LogP contribution in [0.4, 0.5) is 10.5 Å².